The molecule has 2 aromatic carbocycles. The third kappa shape index (κ3) is 4.84. The van der Waals surface area contributed by atoms with Crippen LogP contribution in [0.5, 0.6) is 0 Å². The van der Waals surface area contributed by atoms with Gasteiger partial charge in [0.15, 0.2) is 11.6 Å². The fraction of sp³-hybridized carbons (Fsp3) is 0.269. The van der Waals surface area contributed by atoms with E-state index in [-0.39, 0.29) is 36.7 Å². The molecule has 174 valence electrons. The summed E-state index contributed by atoms with van der Waals surface area (Å²) in [5, 5.41) is 7.28. The van der Waals surface area contributed by atoms with Gasteiger partial charge in [0, 0.05) is 30.5 Å². The molecule has 2 atom stereocenters. The molecule has 2 unspecified atom stereocenters. The molecule has 1 amide bonds. The quantitative estimate of drug-likeness (QED) is 0.412. The number of halogens is 1. The van der Waals surface area contributed by atoms with Crippen LogP contribution in [-0.4, -0.2) is 39.6 Å². The van der Waals surface area contributed by atoms with E-state index in [0.29, 0.717) is 16.1 Å². The van der Waals surface area contributed by atoms with Gasteiger partial charge in [0.2, 0.25) is 5.91 Å². The number of Topliss-reactive ketones (excluding diaryl/α,β-unsaturated/α-hetero) is 3. The lowest BCUT2D eigenvalue weighted by Gasteiger charge is -2.17. The summed E-state index contributed by atoms with van der Waals surface area (Å²) in [5.41, 5.74) is 3.56. The molecule has 3 aromatic rings. The summed E-state index contributed by atoms with van der Waals surface area (Å²) in [6.07, 6.45) is 3.11. The smallest absolute Gasteiger partial charge is 0.221 e. The molecular weight excluding hydrogens is 454 g/mol. The monoisotopic (exact) mass is 477 g/mol. The normalized spacial score (nSPS) is 17.7. The predicted molar refractivity (Wildman–Crippen MR) is 127 cm³/mol. The summed E-state index contributed by atoms with van der Waals surface area (Å²) >= 11 is 5.97. The minimum Gasteiger partial charge on any atom is -0.349 e. The first-order valence-electron chi connectivity index (χ1n) is 11.0. The molecule has 1 heterocycles. The molecule has 4 rings (SSSR count). The Morgan fingerprint density at radius 1 is 1.12 bits per heavy atom. The fourth-order valence-corrected chi connectivity index (χ4v) is 4.65. The number of aromatic nitrogens is 2. The van der Waals surface area contributed by atoms with Crippen molar-refractivity contribution in [3.05, 3.63) is 82.1 Å². The summed E-state index contributed by atoms with van der Waals surface area (Å²) in [7, 11) is 0. The van der Waals surface area contributed by atoms with Gasteiger partial charge >= 0.3 is 0 Å². The second-order valence-corrected chi connectivity index (χ2v) is 9.01. The number of rotatable bonds is 7. The molecule has 1 aliphatic carbocycles. The van der Waals surface area contributed by atoms with E-state index >= 15 is 0 Å². The minimum absolute atomic E-state index is 0.0128. The molecular formula is C26H24ClN3O4. The van der Waals surface area contributed by atoms with Crippen molar-refractivity contribution < 1.29 is 19.2 Å². The van der Waals surface area contributed by atoms with Gasteiger partial charge in [0.25, 0.3) is 0 Å². The van der Waals surface area contributed by atoms with Crippen molar-refractivity contribution in [3.63, 3.8) is 0 Å². The molecule has 0 radical (unpaired) electrons. The lowest BCUT2D eigenvalue weighted by molar-refractivity contribution is -0.128. The summed E-state index contributed by atoms with van der Waals surface area (Å²) in [6, 6.07) is 12.4. The minimum atomic E-state index is -0.890. The Balaban J connectivity index is 1.44. The highest BCUT2D eigenvalue weighted by atomic mass is 35.5. The van der Waals surface area contributed by atoms with Crippen molar-refractivity contribution in [1.29, 1.82) is 0 Å². The SMILES string of the molecule is Cc1cc(-n2cc(Cl)cn2)cc(C)c1C1C(=O)CC(CC(=O)NCC(=O)c2ccccc2)C1=O. The van der Waals surface area contributed by atoms with Crippen LogP contribution in [0.1, 0.15) is 45.8 Å². The van der Waals surface area contributed by atoms with Crippen molar-refractivity contribution in [2.45, 2.75) is 32.6 Å². The highest BCUT2D eigenvalue weighted by molar-refractivity contribution is 6.30. The number of nitrogens with one attached hydrogen (secondary N) is 1. The average Bonchev–Trinajstić information content (AvgIpc) is 3.36. The van der Waals surface area contributed by atoms with Crippen molar-refractivity contribution in [3.8, 4) is 5.69 Å². The maximum atomic E-state index is 13.2. The second-order valence-electron chi connectivity index (χ2n) is 8.57. The first-order valence-corrected chi connectivity index (χ1v) is 11.4. The first kappa shape index (κ1) is 23.6. The third-order valence-electron chi connectivity index (χ3n) is 6.11. The van der Waals surface area contributed by atoms with Gasteiger partial charge in [0.05, 0.1) is 23.5 Å². The Bertz CT molecular complexity index is 1260. The largest absolute Gasteiger partial charge is 0.349 e. The van der Waals surface area contributed by atoms with Crippen molar-refractivity contribution >= 4 is 34.9 Å². The van der Waals surface area contributed by atoms with Crippen LogP contribution in [0.2, 0.25) is 5.02 Å². The number of carbonyl (C=O) groups excluding carboxylic acids is 4. The molecule has 0 bridgehead atoms. The van der Waals surface area contributed by atoms with Gasteiger partial charge < -0.3 is 5.32 Å². The van der Waals surface area contributed by atoms with Crippen LogP contribution in [0.25, 0.3) is 5.69 Å². The Morgan fingerprint density at radius 2 is 1.79 bits per heavy atom. The molecule has 0 aliphatic heterocycles. The molecule has 34 heavy (non-hydrogen) atoms. The van der Waals surface area contributed by atoms with Gasteiger partial charge in [-0.05, 0) is 42.7 Å². The highest BCUT2D eigenvalue weighted by Crippen LogP contribution is 2.37. The molecule has 7 nitrogen and oxygen atoms in total. The van der Waals surface area contributed by atoms with Gasteiger partial charge in [-0.2, -0.15) is 5.10 Å². The van der Waals surface area contributed by atoms with Crippen LogP contribution in [0.4, 0.5) is 0 Å². The van der Waals surface area contributed by atoms with Crippen LogP contribution in [-0.2, 0) is 14.4 Å². The van der Waals surface area contributed by atoms with Crippen LogP contribution in [0, 0.1) is 19.8 Å². The number of benzene rings is 2. The van der Waals surface area contributed by atoms with E-state index in [0.717, 1.165) is 16.8 Å². The zero-order valence-electron chi connectivity index (χ0n) is 18.9. The van der Waals surface area contributed by atoms with Gasteiger partial charge in [-0.25, -0.2) is 4.68 Å². The molecule has 0 saturated heterocycles. The zero-order chi connectivity index (χ0) is 24.4. The fourth-order valence-electron chi connectivity index (χ4n) is 4.51. The van der Waals surface area contributed by atoms with Crippen molar-refractivity contribution in [1.82, 2.24) is 15.1 Å². The molecule has 1 saturated carbocycles. The second kappa shape index (κ2) is 9.73. The molecule has 1 aliphatic rings. The van der Waals surface area contributed by atoms with Crippen molar-refractivity contribution in [2.75, 3.05) is 6.54 Å². The van der Waals surface area contributed by atoms with E-state index < -0.39 is 17.7 Å². The number of aryl methyl sites for hydroxylation is 2. The van der Waals surface area contributed by atoms with Crippen molar-refractivity contribution in [2.24, 2.45) is 5.92 Å². The van der Waals surface area contributed by atoms with Gasteiger partial charge in [-0.15, -0.1) is 0 Å². The van der Waals surface area contributed by atoms with Gasteiger partial charge in [0.1, 0.15) is 11.7 Å². The Hall–Kier alpha value is -3.58. The zero-order valence-corrected chi connectivity index (χ0v) is 19.6. The van der Waals surface area contributed by atoms with Gasteiger partial charge in [-0.3, -0.25) is 19.2 Å². The van der Waals surface area contributed by atoms with Gasteiger partial charge in [-0.1, -0.05) is 41.9 Å². The summed E-state index contributed by atoms with van der Waals surface area (Å²) in [6.45, 7) is 3.55. The lowest BCUT2D eigenvalue weighted by atomic mass is 9.87. The van der Waals surface area contributed by atoms with Crippen LogP contribution < -0.4 is 5.32 Å². The number of nitrogens with zero attached hydrogens (tertiary/aromatic N) is 2. The molecule has 1 fully saturated rings. The average molecular weight is 478 g/mol. The number of hydrogen-bond donors (Lipinski definition) is 1. The topological polar surface area (TPSA) is 98.1 Å². The maximum absolute atomic E-state index is 13.2. The van der Waals surface area contributed by atoms with Crippen LogP contribution >= 0.6 is 11.6 Å². The highest BCUT2D eigenvalue weighted by Gasteiger charge is 2.43. The molecule has 1 N–H and O–H groups in total. The number of hydrogen-bond acceptors (Lipinski definition) is 5. The predicted octanol–water partition coefficient (Wildman–Crippen LogP) is 3.77. The lowest BCUT2D eigenvalue weighted by Crippen LogP contribution is -2.32. The summed E-state index contributed by atoms with van der Waals surface area (Å²) in [4.78, 5) is 50.6. The van der Waals surface area contributed by atoms with E-state index in [1.807, 2.05) is 26.0 Å². The molecule has 8 heteroatoms. The van der Waals surface area contributed by atoms with E-state index in [4.69, 9.17) is 11.6 Å². The molecule has 1 aromatic heterocycles. The van der Waals surface area contributed by atoms with E-state index in [2.05, 4.69) is 10.4 Å². The summed E-state index contributed by atoms with van der Waals surface area (Å²) in [5.74, 6) is -2.67. The molecule has 0 spiro atoms. The summed E-state index contributed by atoms with van der Waals surface area (Å²) < 4.78 is 1.63. The van der Waals surface area contributed by atoms with E-state index in [1.165, 1.54) is 6.20 Å². The van der Waals surface area contributed by atoms with E-state index in [1.54, 1.807) is 41.2 Å². The van der Waals surface area contributed by atoms with Crippen LogP contribution in [0.15, 0.2) is 54.9 Å². The Morgan fingerprint density at radius 3 is 2.41 bits per heavy atom. The first-order chi connectivity index (χ1) is 16.2. The third-order valence-corrected chi connectivity index (χ3v) is 6.31. The maximum Gasteiger partial charge on any atom is 0.221 e. The number of carbonyl (C=O) groups is 4. The standard InChI is InChI=1S/C26H24ClN3O4/c1-15-8-20(30-14-19(27)12-29-30)9-16(2)24(15)25-21(31)10-18(26(25)34)11-23(33)28-13-22(32)17-6-4-3-5-7-17/h3-9,12,14,18,25H,10-11,13H2,1-2H3,(H,28,33). The number of ketones is 3. The van der Waals surface area contributed by atoms with E-state index in [9.17, 15) is 19.2 Å². The Kier molecular flexibility index (Phi) is 6.75. The Labute approximate surface area is 202 Å². The number of amides is 1. The van der Waals surface area contributed by atoms with Crippen LogP contribution in [0.3, 0.4) is 0 Å².